The number of fused-ring (bicyclic) bond motifs is 3. The van der Waals surface area contributed by atoms with E-state index in [2.05, 4.69) is 85.4 Å². The van der Waals surface area contributed by atoms with Crippen molar-refractivity contribution < 1.29 is 28.9 Å². The number of pyridine rings is 2. The Hall–Kier alpha value is -4.22. The summed E-state index contributed by atoms with van der Waals surface area (Å²) in [5.41, 5.74) is 8.10. The van der Waals surface area contributed by atoms with Crippen molar-refractivity contribution in [2.24, 2.45) is 5.92 Å². The Balaban J connectivity index is 0.000000169. The molecule has 3 heterocycles. The number of hydrogen-bond donors (Lipinski definition) is 0. The van der Waals surface area contributed by atoms with E-state index >= 15 is 4.39 Å². The van der Waals surface area contributed by atoms with Crippen LogP contribution in [0.25, 0.3) is 55.6 Å². The monoisotopic (exact) mass is 839 g/mol. The van der Waals surface area contributed by atoms with Crippen LogP contribution < -0.4 is 5.19 Å². The largest absolute Gasteiger partial charge is 0.500 e. The van der Waals surface area contributed by atoms with Gasteiger partial charge in [0.2, 0.25) is 0 Å². The molecule has 1 fully saturated rings. The molecule has 1 aliphatic rings. The summed E-state index contributed by atoms with van der Waals surface area (Å²) in [7, 11) is -1.46. The first-order valence-corrected chi connectivity index (χ1v) is 20.3. The summed E-state index contributed by atoms with van der Waals surface area (Å²) in [5.74, 6) is 0.442. The van der Waals surface area contributed by atoms with Gasteiger partial charge in [-0.1, -0.05) is 117 Å². The third-order valence-corrected chi connectivity index (χ3v) is 11.3. The normalized spacial score (nSPS) is 13.2. The number of halogens is 1. The molecule has 0 aliphatic heterocycles. The van der Waals surface area contributed by atoms with Gasteiger partial charge < -0.3 is 14.4 Å². The van der Waals surface area contributed by atoms with Crippen LogP contribution in [0, 0.1) is 23.9 Å². The molecule has 0 atom stereocenters. The number of para-hydroxylation sites is 1. The molecule has 0 N–H and O–H groups in total. The molecular weight excluding hydrogens is 800 g/mol. The molecule has 3 aromatic heterocycles. The van der Waals surface area contributed by atoms with Crippen molar-refractivity contribution in [2.75, 3.05) is 0 Å². The zero-order valence-electron chi connectivity index (χ0n) is 28.1. The van der Waals surface area contributed by atoms with E-state index in [0.717, 1.165) is 29.0 Å². The summed E-state index contributed by atoms with van der Waals surface area (Å²) >= 11 is 0. The van der Waals surface area contributed by atoms with Crippen LogP contribution >= 0.6 is 0 Å². The standard InChI is InChI=1S/C23H19FNO.C20H20NSi.Ir/c24-23-17(9-10-21-22(23)18-7-3-4-8-20(18)26-21)19-14-16(11-12-25-19)13-15-5-1-2-6-15;1-22(2,3)20-15-21-19(17-12-8-5-9-13-17)14-18(20)16-10-6-4-7-11-16;/h3-4,7-8,10-12,14-15H,1-2,5-6,13H2;4-12,14-15H,1-3H3;/q2*-1;. The van der Waals surface area contributed by atoms with E-state index in [1.54, 1.807) is 12.3 Å². The van der Waals surface area contributed by atoms with Crippen molar-refractivity contribution in [3.05, 3.63) is 139 Å². The van der Waals surface area contributed by atoms with Crippen molar-refractivity contribution in [3.8, 4) is 33.6 Å². The van der Waals surface area contributed by atoms with Crippen molar-refractivity contribution in [3.63, 3.8) is 0 Å². The SMILES string of the molecule is C[Si](C)(C)c1cnc(-c2[c-]cccc2)cc1-c1ccccc1.Fc1c(-c2cc(CC3CCCC3)ccn2)[c-]cc2oc3ccccc3c12.[Ir]. The first kappa shape index (κ1) is 34.6. The van der Waals surface area contributed by atoms with Crippen LogP contribution in [0.4, 0.5) is 4.39 Å². The van der Waals surface area contributed by atoms with Gasteiger partial charge in [0.05, 0.1) is 13.7 Å². The van der Waals surface area contributed by atoms with Gasteiger partial charge in [0.1, 0.15) is 5.58 Å². The third kappa shape index (κ3) is 7.67. The van der Waals surface area contributed by atoms with Crippen LogP contribution in [0.15, 0.2) is 120 Å². The molecule has 0 unspecified atom stereocenters. The zero-order valence-corrected chi connectivity index (χ0v) is 31.5. The van der Waals surface area contributed by atoms with Crippen molar-refractivity contribution in [1.82, 2.24) is 9.97 Å². The van der Waals surface area contributed by atoms with Crippen LogP contribution in [0.3, 0.4) is 0 Å². The summed E-state index contributed by atoms with van der Waals surface area (Å²) in [6.45, 7) is 7.10. The Labute approximate surface area is 303 Å². The average Bonchev–Trinajstić information content (AvgIpc) is 3.77. The van der Waals surface area contributed by atoms with Crippen molar-refractivity contribution in [2.45, 2.75) is 51.7 Å². The third-order valence-electron chi connectivity index (χ3n) is 9.27. The minimum absolute atomic E-state index is 0. The fourth-order valence-corrected chi connectivity index (χ4v) is 8.28. The Kier molecular flexibility index (Phi) is 10.7. The number of benzene rings is 4. The second kappa shape index (κ2) is 15.1. The summed E-state index contributed by atoms with van der Waals surface area (Å²) in [6, 6.07) is 40.5. The fraction of sp³-hybridized carbons (Fsp3) is 0.209. The Morgan fingerprint density at radius 2 is 1.57 bits per heavy atom. The molecule has 1 radical (unpaired) electrons. The molecule has 0 saturated heterocycles. The Morgan fingerprint density at radius 3 is 2.33 bits per heavy atom. The molecule has 7 aromatic rings. The molecule has 0 spiro atoms. The number of hydrogen-bond acceptors (Lipinski definition) is 3. The smallest absolute Gasteiger partial charge is 0.121 e. The first-order valence-electron chi connectivity index (χ1n) is 16.8. The average molecular weight is 839 g/mol. The molecule has 1 aliphatic carbocycles. The molecule has 0 bridgehead atoms. The predicted octanol–water partition coefficient (Wildman–Crippen LogP) is 11.1. The van der Waals surface area contributed by atoms with E-state index in [9.17, 15) is 0 Å². The maximum atomic E-state index is 15.3. The number of furan rings is 1. The van der Waals surface area contributed by atoms with Gasteiger partial charge in [-0.3, -0.25) is 4.39 Å². The van der Waals surface area contributed by atoms with Gasteiger partial charge in [-0.2, -0.15) is 0 Å². The number of nitrogens with zero attached hydrogens (tertiary/aromatic N) is 2. The Bertz CT molecular complexity index is 2170. The molecular formula is C43H39FIrN2OSi-2. The van der Waals surface area contributed by atoms with E-state index < -0.39 is 8.07 Å². The van der Waals surface area contributed by atoms with E-state index in [0.29, 0.717) is 27.8 Å². The van der Waals surface area contributed by atoms with Gasteiger partial charge in [0, 0.05) is 43.7 Å². The van der Waals surface area contributed by atoms with Gasteiger partial charge in [0.25, 0.3) is 0 Å². The van der Waals surface area contributed by atoms with Gasteiger partial charge in [-0.05, 0) is 57.6 Å². The molecule has 0 amide bonds. The van der Waals surface area contributed by atoms with Crippen LogP contribution in [0.1, 0.15) is 31.2 Å². The van der Waals surface area contributed by atoms with Crippen molar-refractivity contribution >= 4 is 35.2 Å². The van der Waals surface area contributed by atoms with Gasteiger partial charge in [0.15, 0.2) is 0 Å². The summed E-state index contributed by atoms with van der Waals surface area (Å²) in [4.78, 5) is 9.12. The zero-order chi connectivity index (χ0) is 33.1. The summed E-state index contributed by atoms with van der Waals surface area (Å²) in [5, 5.41) is 2.70. The number of rotatable bonds is 6. The molecule has 6 heteroatoms. The minimum atomic E-state index is -1.46. The topological polar surface area (TPSA) is 38.9 Å². The van der Waals surface area contributed by atoms with Crippen LogP contribution in [-0.4, -0.2) is 18.0 Å². The van der Waals surface area contributed by atoms with Crippen LogP contribution in [0.2, 0.25) is 19.6 Å². The second-order valence-corrected chi connectivity index (χ2v) is 18.8. The molecule has 3 nitrogen and oxygen atoms in total. The van der Waals surface area contributed by atoms with E-state index in [1.165, 1.54) is 47.6 Å². The molecule has 249 valence electrons. The molecule has 1 saturated carbocycles. The van der Waals surface area contributed by atoms with Gasteiger partial charge >= 0.3 is 0 Å². The van der Waals surface area contributed by atoms with E-state index in [1.807, 2.05) is 54.6 Å². The van der Waals surface area contributed by atoms with Gasteiger partial charge in [-0.15, -0.1) is 48.0 Å². The molecule has 4 aromatic carbocycles. The Morgan fingerprint density at radius 1 is 0.816 bits per heavy atom. The van der Waals surface area contributed by atoms with E-state index in [-0.39, 0.29) is 25.9 Å². The minimum Gasteiger partial charge on any atom is -0.500 e. The molecule has 49 heavy (non-hydrogen) atoms. The predicted molar refractivity (Wildman–Crippen MR) is 198 cm³/mol. The first-order chi connectivity index (χ1) is 23.3. The van der Waals surface area contributed by atoms with Crippen LogP contribution in [-0.2, 0) is 26.5 Å². The fourth-order valence-electron chi connectivity index (χ4n) is 6.80. The molecule has 8 rings (SSSR count). The summed E-state index contributed by atoms with van der Waals surface area (Å²) < 4.78 is 21.1. The van der Waals surface area contributed by atoms with Gasteiger partial charge in [-0.25, -0.2) is 0 Å². The van der Waals surface area contributed by atoms with Crippen molar-refractivity contribution in [1.29, 1.82) is 0 Å². The number of aromatic nitrogens is 2. The summed E-state index contributed by atoms with van der Waals surface area (Å²) in [6.07, 6.45) is 10.2. The maximum Gasteiger partial charge on any atom is 0.121 e. The van der Waals surface area contributed by atoms with E-state index in [4.69, 9.17) is 9.40 Å². The van der Waals surface area contributed by atoms with Crippen LogP contribution in [0.5, 0.6) is 0 Å². The second-order valence-electron chi connectivity index (χ2n) is 13.7. The quantitative estimate of drug-likeness (QED) is 0.124. The maximum absolute atomic E-state index is 15.3.